The Kier molecular flexibility index (Phi) is 4.70. The van der Waals surface area contributed by atoms with Crippen LogP contribution in [0.2, 0.25) is 0 Å². The normalized spacial score (nSPS) is 24.7. The molecule has 6 heteroatoms. The first-order valence-corrected chi connectivity index (χ1v) is 5.35. The van der Waals surface area contributed by atoms with Crippen molar-refractivity contribution in [3.63, 3.8) is 0 Å². The van der Waals surface area contributed by atoms with E-state index >= 15 is 0 Å². The first kappa shape index (κ1) is 12.9. The van der Waals surface area contributed by atoms with Crippen molar-refractivity contribution in [1.82, 2.24) is 5.32 Å². The highest BCUT2D eigenvalue weighted by Crippen LogP contribution is 2.32. The summed E-state index contributed by atoms with van der Waals surface area (Å²) in [6, 6.07) is -0.706. The lowest BCUT2D eigenvalue weighted by atomic mass is 9.95. The van der Waals surface area contributed by atoms with Crippen molar-refractivity contribution >= 4 is 11.9 Å². The van der Waals surface area contributed by atoms with E-state index < -0.39 is 29.8 Å². The van der Waals surface area contributed by atoms with Gasteiger partial charge in [0.1, 0.15) is 0 Å². The molecule has 1 aliphatic rings. The molecule has 0 aliphatic heterocycles. The fourth-order valence-electron chi connectivity index (χ4n) is 2.03. The van der Waals surface area contributed by atoms with Gasteiger partial charge in [-0.3, -0.25) is 9.59 Å². The summed E-state index contributed by atoms with van der Waals surface area (Å²) >= 11 is 0. The molecular formula is C10H17NO5. The predicted octanol–water partition coefficient (Wildman–Crippen LogP) is -1.04. The zero-order valence-electron chi connectivity index (χ0n) is 8.93. The number of carbonyl (C=O) groups excluding carboxylic acids is 1. The summed E-state index contributed by atoms with van der Waals surface area (Å²) in [4.78, 5) is 22.6. The molecule has 0 radical (unpaired) electrons. The lowest BCUT2D eigenvalue weighted by Crippen LogP contribution is -2.44. The van der Waals surface area contributed by atoms with E-state index in [-0.39, 0.29) is 13.2 Å². The average molecular weight is 231 g/mol. The Labute approximate surface area is 93.3 Å². The molecule has 0 bridgehead atoms. The molecule has 0 aromatic rings. The molecule has 1 saturated carbocycles. The number of aliphatic hydroxyl groups excluding tert-OH is 2. The number of rotatable bonds is 5. The molecule has 2 unspecified atom stereocenters. The Bertz CT molecular complexity index is 264. The van der Waals surface area contributed by atoms with Crippen molar-refractivity contribution in [1.29, 1.82) is 0 Å². The van der Waals surface area contributed by atoms with E-state index in [1.807, 2.05) is 0 Å². The SMILES string of the molecule is O=C(O)C1CCCC1C(=O)NC(CO)CO. The molecule has 0 spiro atoms. The molecule has 0 aromatic heterocycles. The van der Waals surface area contributed by atoms with Gasteiger partial charge >= 0.3 is 5.97 Å². The fraction of sp³-hybridized carbons (Fsp3) is 0.800. The number of carboxylic acid groups (broad SMARTS) is 1. The topological polar surface area (TPSA) is 107 Å². The molecular weight excluding hydrogens is 214 g/mol. The highest BCUT2D eigenvalue weighted by molar-refractivity contribution is 5.85. The van der Waals surface area contributed by atoms with Crippen LogP contribution in [0.1, 0.15) is 19.3 Å². The monoisotopic (exact) mass is 231 g/mol. The van der Waals surface area contributed by atoms with Gasteiger partial charge in [-0.1, -0.05) is 6.42 Å². The summed E-state index contributed by atoms with van der Waals surface area (Å²) in [6.07, 6.45) is 1.78. The van der Waals surface area contributed by atoms with Gasteiger partial charge in [0, 0.05) is 0 Å². The molecule has 92 valence electrons. The van der Waals surface area contributed by atoms with Crippen LogP contribution >= 0.6 is 0 Å². The Morgan fingerprint density at radius 2 is 1.75 bits per heavy atom. The highest BCUT2D eigenvalue weighted by Gasteiger charge is 2.38. The molecule has 0 heterocycles. The maximum absolute atomic E-state index is 11.7. The number of hydrogen-bond acceptors (Lipinski definition) is 4. The van der Waals surface area contributed by atoms with Crippen molar-refractivity contribution in [2.75, 3.05) is 13.2 Å². The van der Waals surface area contributed by atoms with Gasteiger partial charge in [-0.15, -0.1) is 0 Å². The minimum Gasteiger partial charge on any atom is -0.481 e. The van der Waals surface area contributed by atoms with Crippen LogP contribution in [0.25, 0.3) is 0 Å². The number of hydrogen-bond donors (Lipinski definition) is 4. The third kappa shape index (κ3) is 2.93. The average Bonchev–Trinajstić information content (AvgIpc) is 2.74. The van der Waals surface area contributed by atoms with Crippen molar-refractivity contribution in [3.05, 3.63) is 0 Å². The summed E-state index contributed by atoms with van der Waals surface area (Å²) in [7, 11) is 0. The third-order valence-corrected chi connectivity index (χ3v) is 2.96. The maximum Gasteiger partial charge on any atom is 0.307 e. The van der Waals surface area contributed by atoms with E-state index in [0.717, 1.165) is 6.42 Å². The van der Waals surface area contributed by atoms with E-state index in [1.165, 1.54) is 0 Å². The Morgan fingerprint density at radius 1 is 1.19 bits per heavy atom. The van der Waals surface area contributed by atoms with Crippen molar-refractivity contribution in [3.8, 4) is 0 Å². The van der Waals surface area contributed by atoms with Crippen LogP contribution in [0.3, 0.4) is 0 Å². The van der Waals surface area contributed by atoms with E-state index in [2.05, 4.69) is 5.32 Å². The number of amides is 1. The summed E-state index contributed by atoms with van der Waals surface area (Å²) in [5.74, 6) is -2.53. The Morgan fingerprint density at radius 3 is 2.25 bits per heavy atom. The minimum absolute atomic E-state index is 0.354. The third-order valence-electron chi connectivity index (χ3n) is 2.96. The molecule has 1 aliphatic carbocycles. The second-order valence-electron chi connectivity index (χ2n) is 4.05. The molecule has 0 aromatic carbocycles. The van der Waals surface area contributed by atoms with Gasteiger partial charge in [0.15, 0.2) is 0 Å². The van der Waals surface area contributed by atoms with Crippen LogP contribution in [0.4, 0.5) is 0 Å². The van der Waals surface area contributed by atoms with Crippen LogP contribution in [-0.2, 0) is 9.59 Å². The van der Waals surface area contributed by atoms with Crippen molar-refractivity contribution < 1.29 is 24.9 Å². The number of carboxylic acids is 1. The standard InChI is InChI=1S/C10H17NO5/c12-4-6(5-13)11-9(14)7-2-1-3-8(7)10(15)16/h6-8,12-13H,1-5H2,(H,11,14)(H,15,16). The van der Waals surface area contributed by atoms with Gasteiger partial charge in [0.05, 0.1) is 31.1 Å². The zero-order valence-corrected chi connectivity index (χ0v) is 8.93. The minimum atomic E-state index is -0.956. The van der Waals surface area contributed by atoms with Gasteiger partial charge < -0.3 is 20.6 Å². The largest absolute Gasteiger partial charge is 0.481 e. The summed E-state index contributed by atoms with van der Waals surface area (Å²) < 4.78 is 0. The smallest absolute Gasteiger partial charge is 0.307 e. The highest BCUT2D eigenvalue weighted by atomic mass is 16.4. The van der Waals surface area contributed by atoms with E-state index in [0.29, 0.717) is 12.8 Å². The van der Waals surface area contributed by atoms with E-state index in [4.69, 9.17) is 15.3 Å². The summed E-state index contributed by atoms with van der Waals surface area (Å²) in [5.41, 5.74) is 0. The second kappa shape index (κ2) is 5.81. The molecule has 0 saturated heterocycles. The lowest BCUT2D eigenvalue weighted by molar-refractivity contribution is -0.146. The summed E-state index contributed by atoms with van der Waals surface area (Å²) in [6.45, 7) is -0.709. The van der Waals surface area contributed by atoms with Crippen molar-refractivity contribution in [2.45, 2.75) is 25.3 Å². The summed E-state index contributed by atoms with van der Waals surface area (Å²) in [5, 5.41) is 28.9. The predicted molar refractivity (Wildman–Crippen MR) is 54.6 cm³/mol. The number of aliphatic hydroxyl groups is 2. The zero-order chi connectivity index (χ0) is 12.1. The van der Waals surface area contributed by atoms with Gasteiger partial charge in [-0.05, 0) is 12.8 Å². The van der Waals surface area contributed by atoms with Gasteiger partial charge in [0.25, 0.3) is 0 Å². The molecule has 6 nitrogen and oxygen atoms in total. The molecule has 1 fully saturated rings. The van der Waals surface area contributed by atoms with Gasteiger partial charge in [-0.2, -0.15) is 0 Å². The first-order chi connectivity index (χ1) is 7.60. The van der Waals surface area contributed by atoms with Gasteiger partial charge in [0.2, 0.25) is 5.91 Å². The Balaban J connectivity index is 2.56. The van der Waals surface area contributed by atoms with E-state index in [1.54, 1.807) is 0 Å². The molecule has 16 heavy (non-hydrogen) atoms. The van der Waals surface area contributed by atoms with Crippen LogP contribution in [-0.4, -0.2) is 46.5 Å². The van der Waals surface area contributed by atoms with E-state index in [9.17, 15) is 9.59 Å². The maximum atomic E-state index is 11.7. The second-order valence-corrected chi connectivity index (χ2v) is 4.05. The number of carbonyl (C=O) groups is 2. The van der Waals surface area contributed by atoms with Crippen LogP contribution < -0.4 is 5.32 Å². The molecule has 1 rings (SSSR count). The lowest BCUT2D eigenvalue weighted by Gasteiger charge is -2.19. The number of aliphatic carboxylic acids is 1. The first-order valence-electron chi connectivity index (χ1n) is 5.35. The Hall–Kier alpha value is -1.14. The number of nitrogens with one attached hydrogen (secondary N) is 1. The molecule has 2 atom stereocenters. The van der Waals surface area contributed by atoms with Gasteiger partial charge in [-0.25, -0.2) is 0 Å². The molecule has 4 N–H and O–H groups in total. The van der Waals surface area contributed by atoms with Crippen LogP contribution in [0.15, 0.2) is 0 Å². The fourth-order valence-corrected chi connectivity index (χ4v) is 2.03. The van der Waals surface area contributed by atoms with Crippen molar-refractivity contribution in [2.24, 2.45) is 11.8 Å². The van der Waals surface area contributed by atoms with Crippen LogP contribution in [0.5, 0.6) is 0 Å². The van der Waals surface area contributed by atoms with Crippen LogP contribution in [0, 0.1) is 11.8 Å². The molecule has 1 amide bonds. The quantitative estimate of drug-likeness (QED) is 0.483.